The number of rotatable bonds is 10. The largest absolute Gasteiger partial charge is 0.311 e. The molecule has 0 aliphatic carbocycles. The summed E-state index contributed by atoms with van der Waals surface area (Å²) >= 11 is 0. The van der Waals surface area contributed by atoms with E-state index < -0.39 is 0 Å². The number of likely N-dealkylation sites (tertiary alicyclic amines) is 1. The highest BCUT2D eigenvalue weighted by atomic mass is 16.2. The maximum Gasteiger partial charge on any atom is 0.258 e. The van der Waals surface area contributed by atoms with Crippen molar-refractivity contribution < 1.29 is 9.59 Å². The minimum absolute atomic E-state index is 0.123. The van der Waals surface area contributed by atoms with Crippen LogP contribution in [-0.4, -0.2) is 63.4 Å². The van der Waals surface area contributed by atoms with Gasteiger partial charge in [0.1, 0.15) is 11.5 Å². The van der Waals surface area contributed by atoms with Gasteiger partial charge in [0.05, 0.1) is 6.20 Å². The maximum atomic E-state index is 13.0. The minimum Gasteiger partial charge on any atom is -0.311 e. The summed E-state index contributed by atoms with van der Waals surface area (Å²) in [7, 11) is 1.75. The Kier molecular flexibility index (Phi) is 9.51. The Morgan fingerprint density at radius 2 is 1.83 bits per heavy atom. The lowest BCUT2D eigenvalue weighted by Gasteiger charge is -2.26. The first kappa shape index (κ1) is 28.9. The van der Waals surface area contributed by atoms with E-state index >= 15 is 0 Å². The number of hydrogen-bond donors (Lipinski definition) is 1. The number of pyridine rings is 1. The van der Waals surface area contributed by atoms with Crippen molar-refractivity contribution >= 4 is 29.4 Å². The summed E-state index contributed by atoms with van der Waals surface area (Å²) < 4.78 is 1.88. The molecule has 5 rings (SSSR count). The van der Waals surface area contributed by atoms with Crippen molar-refractivity contribution in [3.63, 3.8) is 0 Å². The van der Waals surface area contributed by atoms with E-state index in [1.165, 1.54) is 38.4 Å². The Balaban J connectivity index is 1.13. The zero-order valence-corrected chi connectivity index (χ0v) is 24.2. The molecule has 0 unspecified atom stereocenters. The van der Waals surface area contributed by atoms with Crippen molar-refractivity contribution in [2.24, 2.45) is 0 Å². The third-order valence-corrected chi connectivity index (χ3v) is 7.41. The number of anilines is 2. The van der Waals surface area contributed by atoms with Gasteiger partial charge in [0.25, 0.3) is 5.91 Å². The van der Waals surface area contributed by atoms with E-state index in [1.54, 1.807) is 48.5 Å². The van der Waals surface area contributed by atoms with Crippen LogP contribution in [0.5, 0.6) is 0 Å². The van der Waals surface area contributed by atoms with Gasteiger partial charge in [-0.05, 0) is 99.4 Å². The Morgan fingerprint density at radius 3 is 2.62 bits per heavy atom. The van der Waals surface area contributed by atoms with Gasteiger partial charge in [-0.25, -0.2) is 4.98 Å². The molecule has 9 heteroatoms. The summed E-state index contributed by atoms with van der Waals surface area (Å²) in [5, 5.41) is 11.3. The SMILES string of the molecule is Cc1cccc(N(C)C(=O)c2cccc(/C=C/C(=O)Nc3ccc(-c4cn(CCCN5CCCCC5)nn4)cn3)c2)c1. The highest BCUT2D eigenvalue weighted by Gasteiger charge is 2.14. The number of carbonyl (C=O) groups is 2. The van der Waals surface area contributed by atoms with E-state index in [0.717, 1.165) is 47.6 Å². The Bertz CT molecular complexity index is 1540. The van der Waals surface area contributed by atoms with Crippen LogP contribution in [0.2, 0.25) is 0 Å². The molecule has 1 N–H and O–H groups in total. The maximum absolute atomic E-state index is 13.0. The predicted octanol–water partition coefficient (Wildman–Crippen LogP) is 5.45. The molecule has 1 aliphatic heterocycles. The molecule has 1 fully saturated rings. The molecule has 2 aromatic carbocycles. The van der Waals surface area contributed by atoms with E-state index in [-0.39, 0.29) is 11.8 Å². The molecule has 0 spiro atoms. The summed E-state index contributed by atoms with van der Waals surface area (Å²) in [4.78, 5) is 34.1. The van der Waals surface area contributed by atoms with Crippen LogP contribution < -0.4 is 10.2 Å². The Labute approximate surface area is 246 Å². The number of amides is 2. The van der Waals surface area contributed by atoms with Crippen molar-refractivity contribution in [3.8, 4) is 11.3 Å². The fraction of sp³-hybridized carbons (Fsp3) is 0.303. The number of nitrogens with one attached hydrogen (secondary N) is 1. The summed E-state index contributed by atoms with van der Waals surface area (Å²) in [6, 6.07) is 18.6. The van der Waals surface area contributed by atoms with Crippen LogP contribution in [0.15, 0.2) is 79.1 Å². The molecule has 0 saturated carbocycles. The topological polar surface area (TPSA) is 96.2 Å². The molecule has 42 heavy (non-hydrogen) atoms. The van der Waals surface area contributed by atoms with Crippen LogP contribution in [0.3, 0.4) is 0 Å². The molecule has 0 radical (unpaired) electrons. The van der Waals surface area contributed by atoms with Crippen LogP contribution >= 0.6 is 0 Å². The average Bonchev–Trinajstić information content (AvgIpc) is 3.49. The van der Waals surface area contributed by atoms with Crippen molar-refractivity contribution in [3.05, 3.63) is 95.8 Å². The summed E-state index contributed by atoms with van der Waals surface area (Å²) in [5.74, 6) is -0.00313. The van der Waals surface area contributed by atoms with Gasteiger partial charge in [-0.1, -0.05) is 35.9 Å². The summed E-state index contributed by atoms with van der Waals surface area (Å²) in [6.45, 7) is 6.32. The predicted molar refractivity (Wildman–Crippen MR) is 166 cm³/mol. The lowest BCUT2D eigenvalue weighted by atomic mass is 10.1. The number of nitrogens with zero attached hydrogens (tertiary/aromatic N) is 6. The normalized spacial score (nSPS) is 13.8. The van der Waals surface area contributed by atoms with Crippen molar-refractivity contribution in [1.82, 2.24) is 24.9 Å². The zero-order chi connectivity index (χ0) is 29.3. The van der Waals surface area contributed by atoms with Gasteiger partial charge >= 0.3 is 0 Å². The van der Waals surface area contributed by atoms with E-state index in [1.807, 2.05) is 54.2 Å². The molecule has 1 aliphatic rings. The van der Waals surface area contributed by atoms with E-state index in [9.17, 15) is 9.59 Å². The lowest BCUT2D eigenvalue weighted by Crippen LogP contribution is -2.31. The van der Waals surface area contributed by atoms with Crippen molar-refractivity contribution in [1.29, 1.82) is 0 Å². The number of piperidine rings is 1. The lowest BCUT2D eigenvalue weighted by molar-refractivity contribution is -0.111. The molecular weight excluding hydrogens is 526 g/mol. The second kappa shape index (κ2) is 13.8. The van der Waals surface area contributed by atoms with Crippen LogP contribution in [-0.2, 0) is 11.3 Å². The van der Waals surface area contributed by atoms with Gasteiger partial charge in [-0.15, -0.1) is 5.10 Å². The van der Waals surface area contributed by atoms with Crippen LogP contribution in [0.4, 0.5) is 11.5 Å². The number of aryl methyl sites for hydroxylation is 2. The molecule has 0 atom stereocenters. The summed E-state index contributed by atoms with van der Waals surface area (Å²) in [6.07, 6.45) is 11.7. The van der Waals surface area contributed by atoms with Crippen LogP contribution in [0.25, 0.3) is 17.3 Å². The Hall–Kier alpha value is -4.63. The number of benzene rings is 2. The van der Waals surface area contributed by atoms with E-state index in [4.69, 9.17) is 0 Å². The Morgan fingerprint density at radius 1 is 1.00 bits per heavy atom. The van der Waals surface area contributed by atoms with E-state index in [2.05, 4.69) is 25.5 Å². The second-order valence-electron chi connectivity index (χ2n) is 10.7. The van der Waals surface area contributed by atoms with Crippen LogP contribution in [0, 0.1) is 6.92 Å². The van der Waals surface area contributed by atoms with Gasteiger partial charge < -0.3 is 15.1 Å². The number of aromatic nitrogens is 4. The minimum atomic E-state index is -0.316. The quantitative estimate of drug-likeness (QED) is 0.258. The summed E-state index contributed by atoms with van der Waals surface area (Å²) in [5.41, 5.74) is 4.78. The van der Waals surface area contributed by atoms with Gasteiger partial charge in [0, 0.05) is 42.7 Å². The van der Waals surface area contributed by atoms with Gasteiger partial charge in [0.15, 0.2) is 0 Å². The van der Waals surface area contributed by atoms with Crippen LogP contribution in [0.1, 0.15) is 47.2 Å². The fourth-order valence-electron chi connectivity index (χ4n) is 5.06. The highest BCUT2D eigenvalue weighted by molar-refractivity contribution is 6.06. The first-order valence-electron chi connectivity index (χ1n) is 14.5. The molecule has 3 heterocycles. The first-order chi connectivity index (χ1) is 20.4. The monoisotopic (exact) mass is 563 g/mol. The smallest absolute Gasteiger partial charge is 0.258 e. The van der Waals surface area contributed by atoms with Crippen molar-refractivity contribution in [2.45, 2.75) is 39.2 Å². The van der Waals surface area contributed by atoms with Gasteiger partial charge in [-0.2, -0.15) is 0 Å². The molecule has 216 valence electrons. The molecule has 0 bridgehead atoms. The second-order valence-corrected chi connectivity index (χ2v) is 10.7. The third-order valence-electron chi connectivity index (χ3n) is 7.41. The molecule has 4 aromatic rings. The highest BCUT2D eigenvalue weighted by Crippen LogP contribution is 2.19. The van der Waals surface area contributed by atoms with E-state index in [0.29, 0.717) is 11.4 Å². The standard InChI is InChI=1S/C33H37N7O2/c1-25-9-6-12-29(21-25)38(2)33(42)27-11-7-10-26(22-27)13-16-32(41)35-31-15-14-28(23-34-31)30-24-40(37-36-30)20-8-19-39-17-4-3-5-18-39/h6-7,9-16,21-24H,3-5,8,17-20H2,1-2H3,(H,34,35,41)/b16-13+. The van der Waals surface area contributed by atoms with Gasteiger partial charge in [-0.3, -0.25) is 14.3 Å². The molecular formula is C33H37N7O2. The molecule has 9 nitrogen and oxygen atoms in total. The zero-order valence-electron chi connectivity index (χ0n) is 24.2. The fourth-order valence-corrected chi connectivity index (χ4v) is 5.06. The first-order valence-corrected chi connectivity index (χ1v) is 14.5. The van der Waals surface area contributed by atoms with Crippen molar-refractivity contribution in [2.75, 3.05) is 36.9 Å². The molecule has 1 saturated heterocycles. The molecule has 2 aromatic heterocycles. The number of carbonyl (C=O) groups excluding carboxylic acids is 2. The average molecular weight is 564 g/mol. The number of hydrogen-bond acceptors (Lipinski definition) is 6. The molecule has 2 amide bonds. The van der Waals surface area contributed by atoms with Gasteiger partial charge in [0.2, 0.25) is 5.91 Å². The third kappa shape index (κ3) is 7.76.